The van der Waals surface area contributed by atoms with E-state index in [9.17, 15) is 14.7 Å². The van der Waals surface area contributed by atoms with Crippen molar-refractivity contribution in [1.82, 2.24) is 5.32 Å². The third kappa shape index (κ3) is 5.27. The summed E-state index contributed by atoms with van der Waals surface area (Å²) in [6.07, 6.45) is 4.41. The molecule has 1 aromatic carbocycles. The molecule has 1 aliphatic rings. The predicted octanol–water partition coefficient (Wildman–Crippen LogP) is 2.63. The molecule has 0 aromatic heterocycles. The van der Waals surface area contributed by atoms with Gasteiger partial charge < -0.3 is 15.2 Å². The molecular weight excluding hydrogens is 294 g/mol. The number of ether oxygens (including phenoxy) is 1. The molecule has 1 fully saturated rings. The van der Waals surface area contributed by atoms with Crippen molar-refractivity contribution in [3.63, 3.8) is 0 Å². The highest BCUT2D eigenvalue weighted by atomic mass is 16.5. The summed E-state index contributed by atoms with van der Waals surface area (Å²) in [7, 11) is 0. The second kappa shape index (κ2) is 8.56. The first-order chi connectivity index (χ1) is 11.1. The standard InChI is InChI=1S/C18H25NO4/c1-2-23-16-9-7-13(8-10-16)11-15(18(21)22)12-19-17(20)14-5-3-4-6-14/h7-10,14-15H,2-6,11-12H2,1H3,(H,19,20)(H,21,22). The van der Waals surface area contributed by atoms with Crippen LogP contribution in [0.15, 0.2) is 24.3 Å². The van der Waals surface area contributed by atoms with Crippen molar-refractivity contribution in [2.75, 3.05) is 13.2 Å². The Balaban J connectivity index is 1.87. The van der Waals surface area contributed by atoms with Crippen LogP contribution in [0.3, 0.4) is 0 Å². The topological polar surface area (TPSA) is 75.6 Å². The number of carbonyl (C=O) groups is 2. The smallest absolute Gasteiger partial charge is 0.308 e. The summed E-state index contributed by atoms with van der Waals surface area (Å²) >= 11 is 0. The highest BCUT2D eigenvalue weighted by Crippen LogP contribution is 2.24. The molecule has 0 aliphatic heterocycles. The van der Waals surface area contributed by atoms with Gasteiger partial charge in [0.15, 0.2) is 0 Å². The molecule has 2 N–H and O–H groups in total. The summed E-state index contributed by atoms with van der Waals surface area (Å²) in [6, 6.07) is 7.43. The van der Waals surface area contributed by atoms with Gasteiger partial charge in [-0.05, 0) is 43.9 Å². The van der Waals surface area contributed by atoms with Gasteiger partial charge in [0, 0.05) is 12.5 Å². The third-order valence-corrected chi connectivity index (χ3v) is 4.31. The van der Waals surface area contributed by atoms with Crippen molar-refractivity contribution >= 4 is 11.9 Å². The lowest BCUT2D eigenvalue weighted by atomic mass is 9.98. The Hall–Kier alpha value is -2.04. The molecule has 1 aliphatic carbocycles. The Bertz CT molecular complexity index is 520. The van der Waals surface area contributed by atoms with E-state index >= 15 is 0 Å². The number of nitrogens with one attached hydrogen (secondary N) is 1. The number of carbonyl (C=O) groups excluding carboxylic acids is 1. The zero-order chi connectivity index (χ0) is 16.7. The Morgan fingerprint density at radius 3 is 2.48 bits per heavy atom. The summed E-state index contributed by atoms with van der Waals surface area (Å²) in [4.78, 5) is 23.5. The molecule has 1 unspecified atom stereocenters. The molecule has 0 heterocycles. The zero-order valence-corrected chi connectivity index (χ0v) is 13.6. The lowest BCUT2D eigenvalue weighted by Crippen LogP contribution is -2.36. The summed E-state index contributed by atoms with van der Waals surface area (Å²) in [6.45, 7) is 2.70. The minimum absolute atomic E-state index is 0.000411. The van der Waals surface area contributed by atoms with Crippen LogP contribution in [0.25, 0.3) is 0 Å². The summed E-state index contributed by atoms with van der Waals surface area (Å²) in [5, 5.41) is 12.2. The van der Waals surface area contributed by atoms with Gasteiger partial charge in [0.05, 0.1) is 12.5 Å². The average molecular weight is 319 g/mol. The molecule has 0 saturated heterocycles. The summed E-state index contributed by atoms with van der Waals surface area (Å²) in [5.74, 6) is -0.656. The van der Waals surface area contributed by atoms with Crippen LogP contribution in [-0.4, -0.2) is 30.1 Å². The maximum absolute atomic E-state index is 12.0. The van der Waals surface area contributed by atoms with E-state index in [0.717, 1.165) is 37.0 Å². The van der Waals surface area contributed by atoms with Crippen LogP contribution in [0.2, 0.25) is 0 Å². The minimum Gasteiger partial charge on any atom is -0.494 e. The molecule has 1 aromatic rings. The van der Waals surface area contributed by atoms with E-state index in [1.54, 1.807) is 0 Å². The van der Waals surface area contributed by atoms with Crippen molar-refractivity contribution in [2.45, 2.75) is 39.0 Å². The molecule has 1 atom stereocenters. The monoisotopic (exact) mass is 319 g/mol. The van der Waals surface area contributed by atoms with Crippen molar-refractivity contribution in [3.8, 4) is 5.75 Å². The molecule has 2 rings (SSSR count). The van der Waals surface area contributed by atoms with Crippen LogP contribution in [0, 0.1) is 11.8 Å². The van der Waals surface area contributed by atoms with E-state index in [4.69, 9.17) is 4.74 Å². The molecule has 5 heteroatoms. The Morgan fingerprint density at radius 1 is 1.26 bits per heavy atom. The SMILES string of the molecule is CCOc1ccc(CC(CNC(=O)C2CCCC2)C(=O)O)cc1. The fraction of sp³-hybridized carbons (Fsp3) is 0.556. The normalized spacial score (nSPS) is 16.0. The summed E-state index contributed by atoms with van der Waals surface area (Å²) in [5.41, 5.74) is 0.927. The van der Waals surface area contributed by atoms with Gasteiger partial charge in [-0.15, -0.1) is 0 Å². The van der Waals surface area contributed by atoms with Gasteiger partial charge in [0.2, 0.25) is 5.91 Å². The van der Waals surface area contributed by atoms with Crippen molar-refractivity contribution < 1.29 is 19.4 Å². The van der Waals surface area contributed by atoms with Crippen LogP contribution < -0.4 is 10.1 Å². The lowest BCUT2D eigenvalue weighted by molar-refractivity contribution is -0.141. The number of carboxylic acid groups (broad SMARTS) is 1. The predicted molar refractivity (Wildman–Crippen MR) is 87.4 cm³/mol. The lowest BCUT2D eigenvalue weighted by Gasteiger charge is -2.16. The third-order valence-electron chi connectivity index (χ3n) is 4.31. The van der Waals surface area contributed by atoms with E-state index in [-0.39, 0.29) is 18.4 Å². The molecule has 1 saturated carbocycles. The van der Waals surface area contributed by atoms with E-state index < -0.39 is 11.9 Å². The largest absolute Gasteiger partial charge is 0.494 e. The molecule has 0 bridgehead atoms. The van der Waals surface area contributed by atoms with E-state index in [1.165, 1.54) is 0 Å². The maximum Gasteiger partial charge on any atom is 0.308 e. The number of carboxylic acids is 1. The van der Waals surface area contributed by atoms with Crippen LogP contribution in [0.5, 0.6) is 5.75 Å². The number of aliphatic carboxylic acids is 1. The van der Waals surface area contributed by atoms with Crippen LogP contribution >= 0.6 is 0 Å². The van der Waals surface area contributed by atoms with Gasteiger partial charge in [0.25, 0.3) is 0 Å². The first-order valence-electron chi connectivity index (χ1n) is 8.32. The molecule has 126 valence electrons. The van der Waals surface area contributed by atoms with E-state index in [2.05, 4.69) is 5.32 Å². The van der Waals surface area contributed by atoms with Crippen LogP contribution in [-0.2, 0) is 16.0 Å². The number of hydrogen-bond acceptors (Lipinski definition) is 3. The first kappa shape index (κ1) is 17.3. The van der Waals surface area contributed by atoms with Gasteiger partial charge >= 0.3 is 5.97 Å². The van der Waals surface area contributed by atoms with Gasteiger partial charge in [-0.2, -0.15) is 0 Å². The maximum atomic E-state index is 12.0. The van der Waals surface area contributed by atoms with Gasteiger partial charge in [-0.1, -0.05) is 25.0 Å². The van der Waals surface area contributed by atoms with Gasteiger partial charge in [-0.25, -0.2) is 0 Å². The quantitative estimate of drug-likeness (QED) is 0.772. The zero-order valence-electron chi connectivity index (χ0n) is 13.6. The van der Waals surface area contributed by atoms with Crippen molar-refractivity contribution in [1.29, 1.82) is 0 Å². The van der Waals surface area contributed by atoms with Gasteiger partial charge in [0.1, 0.15) is 5.75 Å². The molecule has 0 spiro atoms. The van der Waals surface area contributed by atoms with E-state index in [0.29, 0.717) is 13.0 Å². The van der Waals surface area contributed by atoms with Crippen molar-refractivity contribution in [2.24, 2.45) is 11.8 Å². The number of amides is 1. The van der Waals surface area contributed by atoms with Crippen LogP contribution in [0.1, 0.15) is 38.2 Å². The fourth-order valence-electron chi connectivity index (χ4n) is 2.98. The van der Waals surface area contributed by atoms with Gasteiger partial charge in [-0.3, -0.25) is 9.59 Å². The van der Waals surface area contributed by atoms with Crippen LogP contribution in [0.4, 0.5) is 0 Å². The number of rotatable bonds is 8. The Labute approximate surface area is 137 Å². The highest BCUT2D eigenvalue weighted by Gasteiger charge is 2.25. The number of hydrogen-bond donors (Lipinski definition) is 2. The Kier molecular flexibility index (Phi) is 6.44. The van der Waals surface area contributed by atoms with E-state index in [1.807, 2.05) is 31.2 Å². The fourth-order valence-corrected chi connectivity index (χ4v) is 2.98. The Morgan fingerprint density at radius 2 is 1.91 bits per heavy atom. The molecule has 1 amide bonds. The minimum atomic E-state index is -0.884. The second-order valence-corrected chi connectivity index (χ2v) is 6.04. The molecule has 23 heavy (non-hydrogen) atoms. The van der Waals surface area contributed by atoms with Crippen molar-refractivity contribution in [3.05, 3.63) is 29.8 Å². The molecule has 0 radical (unpaired) electrons. The summed E-state index contributed by atoms with van der Waals surface area (Å²) < 4.78 is 5.38. The number of benzene rings is 1. The highest BCUT2D eigenvalue weighted by molar-refractivity contribution is 5.79. The molecule has 5 nitrogen and oxygen atoms in total. The first-order valence-corrected chi connectivity index (χ1v) is 8.32. The molecular formula is C18H25NO4. The average Bonchev–Trinajstić information content (AvgIpc) is 3.07. The second-order valence-electron chi connectivity index (χ2n) is 6.04.